The van der Waals surface area contributed by atoms with Crippen molar-refractivity contribution in [3.8, 4) is 5.75 Å². The zero-order valence-electron chi connectivity index (χ0n) is 18.4. The molecule has 0 fully saturated rings. The van der Waals surface area contributed by atoms with Crippen LogP contribution >= 0.6 is 0 Å². The zero-order chi connectivity index (χ0) is 24.5. The maximum Gasteiger partial charge on any atom is 0.573 e. The number of rotatable bonds is 6. The summed E-state index contributed by atoms with van der Waals surface area (Å²) in [6.07, 6.45) is -4.85. The average Bonchev–Trinajstić information content (AvgIpc) is 2.98. The molecule has 0 aliphatic carbocycles. The molecule has 0 atom stereocenters. The maximum absolute atomic E-state index is 13.4. The van der Waals surface area contributed by atoms with Crippen LogP contribution in [-0.2, 0) is 16.1 Å². The summed E-state index contributed by atoms with van der Waals surface area (Å²) >= 11 is 0. The number of benzene rings is 3. The summed E-state index contributed by atoms with van der Waals surface area (Å²) in [7, 11) is 0. The summed E-state index contributed by atoms with van der Waals surface area (Å²) in [6.45, 7) is 3.82. The van der Waals surface area contributed by atoms with E-state index in [0.29, 0.717) is 5.56 Å². The highest BCUT2D eigenvalue weighted by Crippen LogP contribution is 2.34. The van der Waals surface area contributed by atoms with Crippen LogP contribution in [0.5, 0.6) is 5.75 Å². The molecule has 0 radical (unpaired) electrons. The SMILES string of the molecule is Cc1ccc(C2=C(Nc3cccc(OC(F)(F)F)c3)C(=O)N(Cc3ccccc3)C2=O)c(C)c1. The largest absolute Gasteiger partial charge is 0.573 e. The predicted octanol–water partition coefficient (Wildman–Crippen LogP) is 5.59. The number of hydrogen-bond acceptors (Lipinski definition) is 4. The summed E-state index contributed by atoms with van der Waals surface area (Å²) in [5.74, 6) is -1.49. The van der Waals surface area contributed by atoms with E-state index in [1.165, 1.54) is 12.1 Å². The summed E-state index contributed by atoms with van der Waals surface area (Å²) < 4.78 is 41.9. The van der Waals surface area contributed by atoms with Crippen molar-refractivity contribution in [1.29, 1.82) is 0 Å². The molecule has 1 heterocycles. The summed E-state index contributed by atoms with van der Waals surface area (Å²) in [6, 6.07) is 19.7. The molecule has 0 bridgehead atoms. The maximum atomic E-state index is 13.4. The van der Waals surface area contributed by atoms with Gasteiger partial charge in [-0.05, 0) is 42.7 Å². The number of carbonyl (C=O) groups is 2. The number of alkyl halides is 3. The fourth-order valence-corrected chi connectivity index (χ4v) is 3.86. The second-order valence-electron chi connectivity index (χ2n) is 7.95. The van der Waals surface area contributed by atoms with E-state index in [4.69, 9.17) is 0 Å². The number of hydrogen-bond donors (Lipinski definition) is 1. The highest BCUT2D eigenvalue weighted by Gasteiger charge is 2.40. The van der Waals surface area contributed by atoms with Gasteiger partial charge in [0, 0.05) is 11.8 Å². The second-order valence-corrected chi connectivity index (χ2v) is 7.95. The van der Waals surface area contributed by atoms with Crippen LogP contribution in [0.2, 0.25) is 0 Å². The van der Waals surface area contributed by atoms with Gasteiger partial charge in [0.15, 0.2) is 0 Å². The van der Waals surface area contributed by atoms with Gasteiger partial charge in [-0.2, -0.15) is 0 Å². The molecule has 0 saturated heterocycles. The summed E-state index contributed by atoms with van der Waals surface area (Å²) in [5, 5.41) is 2.87. The molecule has 0 aromatic heterocycles. The molecule has 4 rings (SSSR count). The molecule has 34 heavy (non-hydrogen) atoms. The van der Waals surface area contributed by atoms with Crippen LogP contribution < -0.4 is 10.1 Å². The van der Waals surface area contributed by atoms with Gasteiger partial charge in [-0.1, -0.05) is 60.2 Å². The van der Waals surface area contributed by atoms with Crippen molar-refractivity contribution in [3.05, 3.63) is 101 Å². The highest BCUT2D eigenvalue weighted by molar-refractivity contribution is 6.36. The number of carbonyl (C=O) groups excluding carboxylic acids is 2. The monoisotopic (exact) mass is 466 g/mol. The smallest absolute Gasteiger partial charge is 0.406 e. The molecule has 8 heteroatoms. The third-order valence-corrected chi connectivity index (χ3v) is 5.34. The first-order chi connectivity index (χ1) is 16.1. The molecule has 3 aromatic rings. The lowest BCUT2D eigenvalue weighted by Gasteiger charge is -2.16. The Labute approximate surface area is 194 Å². The number of amides is 2. The lowest BCUT2D eigenvalue weighted by Crippen LogP contribution is -2.32. The van der Waals surface area contributed by atoms with Crippen molar-refractivity contribution in [1.82, 2.24) is 4.90 Å². The molecule has 174 valence electrons. The van der Waals surface area contributed by atoms with Crippen molar-refractivity contribution < 1.29 is 27.5 Å². The fraction of sp³-hybridized carbons (Fsp3) is 0.154. The highest BCUT2D eigenvalue weighted by atomic mass is 19.4. The molecular weight excluding hydrogens is 445 g/mol. The van der Waals surface area contributed by atoms with Gasteiger partial charge in [0.2, 0.25) is 0 Å². The predicted molar refractivity (Wildman–Crippen MR) is 122 cm³/mol. The average molecular weight is 466 g/mol. The van der Waals surface area contributed by atoms with Crippen molar-refractivity contribution in [2.45, 2.75) is 26.8 Å². The minimum atomic E-state index is -4.85. The van der Waals surface area contributed by atoms with Crippen LogP contribution in [0.4, 0.5) is 18.9 Å². The van der Waals surface area contributed by atoms with Crippen molar-refractivity contribution in [2.24, 2.45) is 0 Å². The molecule has 1 N–H and O–H groups in total. The molecule has 1 aliphatic rings. The van der Waals surface area contributed by atoms with Crippen molar-refractivity contribution >= 4 is 23.1 Å². The molecule has 0 spiro atoms. The van der Waals surface area contributed by atoms with E-state index in [2.05, 4.69) is 10.1 Å². The van der Waals surface area contributed by atoms with E-state index < -0.39 is 23.9 Å². The Kier molecular flexibility index (Phi) is 6.15. The van der Waals surface area contributed by atoms with Crippen LogP contribution in [-0.4, -0.2) is 23.1 Å². The molecule has 0 saturated carbocycles. The van der Waals surface area contributed by atoms with Gasteiger partial charge in [-0.3, -0.25) is 14.5 Å². The first-order valence-electron chi connectivity index (χ1n) is 10.5. The van der Waals surface area contributed by atoms with E-state index in [1.807, 2.05) is 44.2 Å². The zero-order valence-corrected chi connectivity index (χ0v) is 18.4. The second kappa shape index (κ2) is 9.05. The van der Waals surface area contributed by atoms with Crippen LogP contribution in [0.3, 0.4) is 0 Å². The molecule has 1 aliphatic heterocycles. The van der Waals surface area contributed by atoms with Crippen molar-refractivity contribution in [3.63, 3.8) is 0 Å². The first-order valence-corrected chi connectivity index (χ1v) is 10.5. The number of halogens is 3. The summed E-state index contributed by atoms with van der Waals surface area (Å²) in [4.78, 5) is 27.9. The van der Waals surface area contributed by atoms with Crippen LogP contribution in [0.1, 0.15) is 22.3 Å². The van der Waals surface area contributed by atoms with Crippen LogP contribution in [0.15, 0.2) is 78.5 Å². The molecule has 3 aromatic carbocycles. The van der Waals surface area contributed by atoms with Gasteiger partial charge in [0.05, 0.1) is 12.1 Å². The Morgan fingerprint density at radius 1 is 0.882 bits per heavy atom. The van der Waals surface area contributed by atoms with E-state index >= 15 is 0 Å². The van der Waals surface area contributed by atoms with Crippen LogP contribution in [0.25, 0.3) is 5.57 Å². The van der Waals surface area contributed by atoms with E-state index in [0.717, 1.165) is 33.7 Å². The number of imide groups is 1. The Hall–Kier alpha value is -4.07. The fourth-order valence-electron chi connectivity index (χ4n) is 3.86. The van der Waals surface area contributed by atoms with E-state index in [1.54, 1.807) is 18.2 Å². The number of anilines is 1. The summed E-state index contributed by atoms with van der Waals surface area (Å²) in [5.41, 5.74) is 3.48. The van der Waals surface area contributed by atoms with Gasteiger partial charge in [0.1, 0.15) is 11.4 Å². The molecule has 0 unspecified atom stereocenters. The molecule has 5 nitrogen and oxygen atoms in total. The topological polar surface area (TPSA) is 58.6 Å². The van der Waals surface area contributed by atoms with Crippen LogP contribution in [0, 0.1) is 13.8 Å². The molecular formula is C26H21F3N2O3. The van der Waals surface area contributed by atoms with Gasteiger partial charge < -0.3 is 10.1 Å². The molecule has 2 amide bonds. The lowest BCUT2D eigenvalue weighted by molar-refractivity contribution is -0.274. The van der Waals surface area contributed by atoms with Gasteiger partial charge in [-0.15, -0.1) is 13.2 Å². The third kappa shape index (κ3) is 4.96. The minimum absolute atomic E-state index is 0.00274. The Morgan fingerprint density at radius 3 is 2.29 bits per heavy atom. The van der Waals surface area contributed by atoms with Gasteiger partial charge in [-0.25, -0.2) is 0 Å². The van der Waals surface area contributed by atoms with Gasteiger partial charge in [0.25, 0.3) is 11.8 Å². The lowest BCUT2D eigenvalue weighted by atomic mass is 9.97. The Bertz CT molecular complexity index is 1280. The Balaban J connectivity index is 1.75. The van der Waals surface area contributed by atoms with E-state index in [-0.39, 0.29) is 23.5 Å². The quantitative estimate of drug-likeness (QED) is 0.481. The van der Waals surface area contributed by atoms with Gasteiger partial charge >= 0.3 is 6.36 Å². The standard InChI is InChI=1S/C26H21F3N2O3/c1-16-11-12-21(17(2)13-16)22-23(30-19-9-6-10-20(14-19)34-26(27,28)29)25(33)31(24(22)32)15-18-7-4-3-5-8-18/h3-14,30H,15H2,1-2H3. The number of ether oxygens (including phenoxy) is 1. The Morgan fingerprint density at radius 2 is 1.62 bits per heavy atom. The number of aryl methyl sites for hydroxylation is 2. The van der Waals surface area contributed by atoms with Crippen molar-refractivity contribution in [2.75, 3.05) is 5.32 Å². The number of nitrogens with one attached hydrogen (secondary N) is 1. The number of nitrogens with zero attached hydrogens (tertiary/aromatic N) is 1. The normalized spacial score (nSPS) is 14.1. The third-order valence-electron chi connectivity index (χ3n) is 5.34. The first kappa shape index (κ1) is 23.1. The minimum Gasteiger partial charge on any atom is -0.406 e. The van der Waals surface area contributed by atoms with E-state index in [9.17, 15) is 22.8 Å².